The Morgan fingerprint density at radius 1 is 1.00 bits per heavy atom. The van der Waals surface area contributed by atoms with Crippen molar-refractivity contribution in [1.82, 2.24) is 15.3 Å². The molecule has 0 saturated heterocycles. The van der Waals surface area contributed by atoms with Gasteiger partial charge in [0.05, 0.1) is 11.9 Å². The Balaban J connectivity index is 1.27. The van der Waals surface area contributed by atoms with Crippen LogP contribution in [0.5, 0.6) is 0 Å². The smallest absolute Gasteiger partial charge is 0.362 e. The van der Waals surface area contributed by atoms with E-state index in [1.807, 2.05) is 43.3 Å². The van der Waals surface area contributed by atoms with E-state index in [0.29, 0.717) is 11.5 Å². The molecule has 2 aromatic carbocycles. The molecule has 1 heterocycles. The van der Waals surface area contributed by atoms with Gasteiger partial charge in [-0.1, -0.05) is 24.3 Å². The lowest BCUT2D eigenvalue weighted by Gasteiger charge is -2.30. The Morgan fingerprint density at radius 2 is 1.66 bits per heavy atom. The number of alkyl halides is 3. The fourth-order valence-electron chi connectivity index (χ4n) is 4.30. The van der Waals surface area contributed by atoms with E-state index in [4.69, 9.17) is 4.98 Å². The lowest BCUT2D eigenvalue weighted by Crippen LogP contribution is -2.40. The Bertz CT molecular complexity index is 1160. The summed E-state index contributed by atoms with van der Waals surface area (Å²) in [5.41, 5.74) is -2.74. The van der Waals surface area contributed by atoms with E-state index < -0.39 is 5.51 Å². The van der Waals surface area contributed by atoms with Crippen molar-refractivity contribution in [3.05, 3.63) is 54.1 Å². The molecule has 1 saturated carbocycles. The molecule has 0 bridgehead atoms. The molecule has 3 aromatic rings. The van der Waals surface area contributed by atoms with Gasteiger partial charge in [0.15, 0.2) is 0 Å². The van der Waals surface area contributed by atoms with Gasteiger partial charge in [-0.3, -0.25) is 4.79 Å². The number of para-hydroxylation sites is 1. The number of anilines is 2. The van der Waals surface area contributed by atoms with Crippen molar-refractivity contribution in [2.45, 2.75) is 54.6 Å². The van der Waals surface area contributed by atoms with Crippen molar-refractivity contribution >= 4 is 40.3 Å². The van der Waals surface area contributed by atoms with Crippen molar-refractivity contribution in [1.29, 1.82) is 0 Å². The topological polar surface area (TPSA) is 70.2 Å². The number of fused-ring (bicyclic) bond motifs is 1. The van der Waals surface area contributed by atoms with E-state index >= 15 is 0 Å². The second-order valence-electron chi connectivity index (χ2n) is 8.91. The average Bonchev–Trinajstić information content (AvgIpc) is 2.80. The first-order valence-electron chi connectivity index (χ1n) is 11.5. The molecule has 0 radical (unpaired) electrons. The second kappa shape index (κ2) is 10.7. The Kier molecular flexibility index (Phi) is 7.69. The van der Waals surface area contributed by atoms with Gasteiger partial charge in [-0.2, -0.15) is 18.2 Å². The maximum absolute atomic E-state index is 12.5. The summed E-state index contributed by atoms with van der Waals surface area (Å²) in [5, 5.41) is 7.53. The van der Waals surface area contributed by atoms with E-state index in [2.05, 4.69) is 15.6 Å². The molecule has 1 aliphatic carbocycles. The van der Waals surface area contributed by atoms with Crippen molar-refractivity contribution < 1.29 is 18.0 Å². The van der Waals surface area contributed by atoms with E-state index in [1.54, 1.807) is 12.1 Å². The van der Waals surface area contributed by atoms with E-state index in [1.165, 1.54) is 12.1 Å². The summed E-state index contributed by atoms with van der Waals surface area (Å²) in [6.45, 7) is 0. The molecule has 6 nitrogen and oxygen atoms in total. The van der Waals surface area contributed by atoms with Crippen LogP contribution in [0.2, 0.25) is 0 Å². The summed E-state index contributed by atoms with van der Waals surface area (Å²) in [5.74, 6) is 1.35. The predicted molar refractivity (Wildman–Crippen MR) is 134 cm³/mol. The van der Waals surface area contributed by atoms with Gasteiger partial charge in [-0.15, -0.1) is 0 Å². The maximum atomic E-state index is 12.5. The highest BCUT2D eigenvalue weighted by atomic mass is 32.2. The second-order valence-corrected chi connectivity index (χ2v) is 10.0. The maximum Gasteiger partial charge on any atom is 0.446 e. The number of halogens is 3. The molecule has 1 aliphatic rings. The molecule has 4 rings (SSSR count). The van der Waals surface area contributed by atoms with Gasteiger partial charge < -0.3 is 15.5 Å². The minimum atomic E-state index is -4.32. The molecule has 1 fully saturated rings. The molecule has 35 heavy (non-hydrogen) atoms. The number of thioether (sulfide) groups is 1. The molecule has 1 aromatic heterocycles. The molecule has 0 unspecified atom stereocenters. The third-order valence-corrected chi connectivity index (χ3v) is 6.69. The van der Waals surface area contributed by atoms with Crippen molar-refractivity contribution in [2.75, 3.05) is 24.3 Å². The normalized spacial score (nSPS) is 18.3. The zero-order chi connectivity index (χ0) is 25.0. The third kappa shape index (κ3) is 7.00. The van der Waals surface area contributed by atoms with Crippen LogP contribution >= 0.6 is 11.8 Å². The van der Waals surface area contributed by atoms with Crippen LogP contribution in [0.15, 0.2) is 53.4 Å². The number of carbonyl (C=O) groups is 1. The minimum Gasteiger partial charge on any atom is -0.362 e. The van der Waals surface area contributed by atoms with Crippen LogP contribution in [0.4, 0.5) is 24.9 Å². The first-order valence-corrected chi connectivity index (χ1v) is 12.3. The van der Waals surface area contributed by atoms with Crippen LogP contribution in [-0.2, 0) is 11.2 Å². The monoisotopic (exact) mass is 503 g/mol. The molecule has 0 spiro atoms. The first-order chi connectivity index (χ1) is 16.7. The van der Waals surface area contributed by atoms with Gasteiger partial charge in [0.1, 0.15) is 5.82 Å². The summed E-state index contributed by atoms with van der Waals surface area (Å²) >= 11 is -0.158. The first kappa shape index (κ1) is 25.1. The largest absolute Gasteiger partial charge is 0.446 e. The summed E-state index contributed by atoms with van der Waals surface area (Å²) in [4.78, 5) is 23.9. The lowest BCUT2D eigenvalue weighted by molar-refractivity contribution is -0.121. The number of nitrogens with one attached hydrogen (secondary N) is 2. The van der Waals surface area contributed by atoms with Crippen LogP contribution in [0.1, 0.15) is 31.2 Å². The summed E-state index contributed by atoms with van der Waals surface area (Å²) in [7, 11) is 3.92. The van der Waals surface area contributed by atoms with Gasteiger partial charge >= 0.3 is 5.51 Å². The Labute approximate surface area is 206 Å². The fourth-order valence-corrected chi connectivity index (χ4v) is 4.84. The highest BCUT2D eigenvalue weighted by Crippen LogP contribution is 2.36. The standard InChI is InChI=1S/C25H28F3N5OS/c1-33(2)23-20-5-3-4-6-21(20)31-24(32-23)30-18-11-9-17(10-12-18)29-22(34)15-16-7-13-19(14-8-16)35-25(26,27)28/h3-8,13-14,17-18H,9-12,15H2,1-2H3,(H,29,34)(H,30,31,32)/t17-,18+. The van der Waals surface area contributed by atoms with Crippen LogP contribution in [-0.4, -0.2) is 47.6 Å². The molecule has 10 heteroatoms. The van der Waals surface area contributed by atoms with E-state index in [0.717, 1.165) is 42.4 Å². The van der Waals surface area contributed by atoms with Gasteiger partial charge in [0.25, 0.3) is 0 Å². The predicted octanol–water partition coefficient (Wildman–Crippen LogP) is 5.39. The van der Waals surface area contributed by atoms with Crippen LogP contribution < -0.4 is 15.5 Å². The molecule has 1 amide bonds. The number of benzene rings is 2. The summed E-state index contributed by atoms with van der Waals surface area (Å²) < 4.78 is 37.4. The van der Waals surface area contributed by atoms with Crippen LogP contribution in [0.25, 0.3) is 10.9 Å². The highest BCUT2D eigenvalue weighted by molar-refractivity contribution is 8.00. The number of aromatic nitrogens is 2. The zero-order valence-corrected chi connectivity index (χ0v) is 20.4. The minimum absolute atomic E-state index is 0.0791. The molecule has 0 atom stereocenters. The quantitative estimate of drug-likeness (QED) is 0.422. The number of hydrogen-bond acceptors (Lipinski definition) is 6. The molecule has 0 aliphatic heterocycles. The number of nitrogens with zero attached hydrogens (tertiary/aromatic N) is 3. The molecular formula is C25H28F3N5OS. The Morgan fingerprint density at radius 3 is 2.31 bits per heavy atom. The SMILES string of the molecule is CN(C)c1nc(N[C@H]2CC[C@@H](NC(=O)Cc3ccc(SC(F)(F)F)cc3)CC2)nc2ccccc12. The summed E-state index contributed by atoms with van der Waals surface area (Å²) in [6, 6.07) is 14.2. The van der Waals surface area contributed by atoms with E-state index in [9.17, 15) is 18.0 Å². The van der Waals surface area contributed by atoms with Gasteiger partial charge in [0, 0.05) is 36.5 Å². The van der Waals surface area contributed by atoms with Gasteiger partial charge in [-0.05, 0) is 67.3 Å². The number of hydrogen-bond donors (Lipinski definition) is 2. The fraction of sp³-hybridized carbons (Fsp3) is 0.400. The van der Waals surface area contributed by atoms with Gasteiger partial charge in [0.2, 0.25) is 11.9 Å². The lowest BCUT2D eigenvalue weighted by atomic mass is 9.91. The molecular weight excluding hydrogens is 475 g/mol. The van der Waals surface area contributed by atoms with Gasteiger partial charge in [-0.25, -0.2) is 4.98 Å². The van der Waals surface area contributed by atoms with Crippen molar-refractivity contribution in [2.24, 2.45) is 0 Å². The van der Waals surface area contributed by atoms with Crippen molar-refractivity contribution in [3.8, 4) is 0 Å². The van der Waals surface area contributed by atoms with E-state index in [-0.39, 0.29) is 41.1 Å². The zero-order valence-electron chi connectivity index (χ0n) is 19.6. The summed E-state index contributed by atoms with van der Waals surface area (Å²) in [6.07, 6.45) is 3.56. The average molecular weight is 504 g/mol. The number of carbonyl (C=O) groups excluding carboxylic acids is 1. The third-order valence-electron chi connectivity index (χ3n) is 5.95. The number of amides is 1. The highest BCUT2D eigenvalue weighted by Gasteiger charge is 2.29. The number of rotatable bonds is 7. The van der Waals surface area contributed by atoms with Crippen LogP contribution in [0, 0.1) is 0 Å². The van der Waals surface area contributed by atoms with Crippen molar-refractivity contribution in [3.63, 3.8) is 0 Å². The molecule has 186 valence electrons. The van der Waals surface area contributed by atoms with Crippen LogP contribution in [0.3, 0.4) is 0 Å². The Hall–Kier alpha value is -3.01. The molecule has 2 N–H and O–H groups in total.